The predicted octanol–water partition coefficient (Wildman–Crippen LogP) is 2.41. The van der Waals surface area contributed by atoms with Crippen molar-refractivity contribution in [3.63, 3.8) is 0 Å². The van der Waals surface area contributed by atoms with Crippen molar-refractivity contribution < 1.29 is 9.94 Å². The summed E-state index contributed by atoms with van der Waals surface area (Å²) in [5.74, 6) is 0.866. The van der Waals surface area contributed by atoms with Gasteiger partial charge in [0.1, 0.15) is 5.75 Å². The quantitative estimate of drug-likeness (QED) is 0.358. The van der Waals surface area contributed by atoms with Crippen LogP contribution in [0, 0.1) is 0 Å². The molecule has 1 aromatic carbocycles. The normalized spacial score (nSPS) is 13.2. The smallest absolute Gasteiger partial charge is 0.172 e. The zero-order valence-electron chi connectivity index (χ0n) is 12.1. The molecule has 5 heteroatoms. The lowest BCUT2D eigenvalue weighted by Crippen LogP contribution is -2.34. The van der Waals surface area contributed by atoms with Gasteiger partial charge in [0.25, 0.3) is 0 Å². The van der Waals surface area contributed by atoms with Crippen molar-refractivity contribution in [3.8, 4) is 5.75 Å². The lowest BCUT2D eigenvalue weighted by Gasteiger charge is -2.31. The zero-order chi connectivity index (χ0) is 14.4. The Balaban J connectivity index is 3.34. The summed E-state index contributed by atoms with van der Waals surface area (Å²) >= 11 is 0. The number of nitrogens with zero attached hydrogens (tertiary/aromatic N) is 2. The highest BCUT2D eigenvalue weighted by molar-refractivity contribution is 6.02. The van der Waals surface area contributed by atoms with Crippen LogP contribution in [0.1, 0.15) is 32.8 Å². The van der Waals surface area contributed by atoms with Crippen molar-refractivity contribution in [2.45, 2.75) is 33.2 Å². The molecule has 0 heterocycles. The molecule has 1 atom stereocenters. The maximum atomic E-state index is 8.90. The Morgan fingerprint density at radius 1 is 1.47 bits per heavy atom. The number of hydrogen-bond acceptors (Lipinski definition) is 4. The first-order valence-corrected chi connectivity index (χ1v) is 6.51. The van der Waals surface area contributed by atoms with Gasteiger partial charge in [-0.05, 0) is 32.4 Å². The number of amidine groups is 1. The molecule has 0 aliphatic carbocycles. The van der Waals surface area contributed by atoms with E-state index in [1.54, 1.807) is 13.2 Å². The molecular weight excluding hydrogens is 242 g/mol. The van der Waals surface area contributed by atoms with E-state index in [9.17, 15) is 0 Å². The Kier molecular flexibility index (Phi) is 5.48. The highest BCUT2D eigenvalue weighted by atomic mass is 16.5. The fourth-order valence-electron chi connectivity index (χ4n) is 2.09. The van der Waals surface area contributed by atoms with E-state index in [-0.39, 0.29) is 5.84 Å². The number of nitrogens with two attached hydrogens (primary N) is 1. The zero-order valence-corrected chi connectivity index (χ0v) is 12.1. The second-order valence-corrected chi connectivity index (χ2v) is 4.41. The molecule has 0 spiro atoms. The minimum absolute atomic E-state index is 0.111. The summed E-state index contributed by atoms with van der Waals surface area (Å²) in [6, 6.07) is 5.90. The van der Waals surface area contributed by atoms with Crippen LogP contribution in [0.15, 0.2) is 23.4 Å². The molecular formula is C14H23N3O2. The van der Waals surface area contributed by atoms with Crippen LogP contribution in [0.25, 0.3) is 0 Å². The summed E-state index contributed by atoms with van der Waals surface area (Å²) in [5.41, 5.74) is 7.39. The van der Waals surface area contributed by atoms with Gasteiger partial charge in [0, 0.05) is 24.2 Å². The lowest BCUT2D eigenvalue weighted by atomic mass is 10.1. The Labute approximate surface area is 114 Å². The third kappa shape index (κ3) is 3.30. The summed E-state index contributed by atoms with van der Waals surface area (Å²) in [4.78, 5) is 2.22. The van der Waals surface area contributed by atoms with Crippen molar-refractivity contribution in [1.82, 2.24) is 0 Å². The monoisotopic (exact) mass is 265 g/mol. The summed E-state index contributed by atoms with van der Waals surface area (Å²) in [6.07, 6.45) is 1.01. The second kappa shape index (κ2) is 6.87. The first-order chi connectivity index (χ1) is 9.08. The van der Waals surface area contributed by atoms with Crippen molar-refractivity contribution >= 4 is 11.5 Å². The minimum Gasteiger partial charge on any atom is -0.497 e. The van der Waals surface area contributed by atoms with Gasteiger partial charge >= 0.3 is 0 Å². The van der Waals surface area contributed by atoms with Crippen LogP contribution in [-0.2, 0) is 0 Å². The largest absolute Gasteiger partial charge is 0.497 e. The Morgan fingerprint density at radius 3 is 2.63 bits per heavy atom. The molecule has 0 saturated heterocycles. The molecule has 1 aromatic rings. The molecule has 0 aromatic heterocycles. The van der Waals surface area contributed by atoms with Crippen LogP contribution < -0.4 is 15.4 Å². The minimum atomic E-state index is 0.111. The number of methoxy groups -OCH3 is 1. The first kappa shape index (κ1) is 15.1. The van der Waals surface area contributed by atoms with Crippen molar-refractivity contribution in [1.29, 1.82) is 0 Å². The van der Waals surface area contributed by atoms with E-state index in [0.717, 1.165) is 24.4 Å². The SMILES string of the molecule is CCC(C)N(CC)c1cc(OC)ccc1/C(N)=N/O. The molecule has 0 aliphatic heterocycles. The summed E-state index contributed by atoms with van der Waals surface area (Å²) < 4.78 is 5.26. The van der Waals surface area contributed by atoms with E-state index in [2.05, 4.69) is 30.8 Å². The summed E-state index contributed by atoms with van der Waals surface area (Å²) in [5, 5.41) is 12.0. The first-order valence-electron chi connectivity index (χ1n) is 6.51. The van der Waals surface area contributed by atoms with E-state index < -0.39 is 0 Å². The van der Waals surface area contributed by atoms with Crippen LogP contribution in [0.2, 0.25) is 0 Å². The molecule has 3 N–H and O–H groups in total. The topological polar surface area (TPSA) is 71.1 Å². The van der Waals surface area contributed by atoms with Crippen molar-refractivity contribution in [2.24, 2.45) is 10.9 Å². The van der Waals surface area contributed by atoms with Gasteiger partial charge in [0.2, 0.25) is 0 Å². The molecule has 106 valence electrons. The molecule has 0 radical (unpaired) electrons. The number of ether oxygens (including phenoxy) is 1. The number of oxime groups is 1. The molecule has 0 fully saturated rings. The third-order valence-corrected chi connectivity index (χ3v) is 3.36. The van der Waals surface area contributed by atoms with Gasteiger partial charge < -0.3 is 20.6 Å². The summed E-state index contributed by atoms with van der Waals surface area (Å²) in [7, 11) is 1.63. The standard InChI is InChI=1S/C14H23N3O2/c1-5-10(3)17(6-2)13-9-11(19-4)7-8-12(13)14(15)16-18/h7-10,18H,5-6H2,1-4H3,(H2,15,16). The molecule has 5 nitrogen and oxygen atoms in total. The molecule has 0 bridgehead atoms. The molecule has 0 aliphatic rings. The van der Waals surface area contributed by atoms with Crippen LogP contribution >= 0.6 is 0 Å². The van der Waals surface area contributed by atoms with Gasteiger partial charge in [-0.25, -0.2) is 0 Å². The number of hydrogen-bond donors (Lipinski definition) is 2. The van der Waals surface area contributed by atoms with Gasteiger partial charge in [-0.1, -0.05) is 12.1 Å². The Morgan fingerprint density at radius 2 is 2.16 bits per heavy atom. The average molecular weight is 265 g/mol. The van der Waals surface area contributed by atoms with Crippen LogP contribution in [0.4, 0.5) is 5.69 Å². The molecule has 0 saturated carbocycles. The number of anilines is 1. The van der Waals surface area contributed by atoms with Crippen LogP contribution in [0.3, 0.4) is 0 Å². The van der Waals surface area contributed by atoms with Gasteiger partial charge in [-0.15, -0.1) is 0 Å². The van der Waals surface area contributed by atoms with E-state index in [1.165, 1.54) is 0 Å². The Bertz CT molecular complexity index is 446. The molecule has 1 rings (SSSR count). The average Bonchev–Trinajstić information content (AvgIpc) is 2.46. The van der Waals surface area contributed by atoms with Gasteiger partial charge in [-0.3, -0.25) is 0 Å². The van der Waals surface area contributed by atoms with Gasteiger partial charge in [0.05, 0.1) is 12.8 Å². The Hall–Kier alpha value is -1.91. The second-order valence-electron chi connectivity index (χ2n) is 4.41. The van der Waals surface area contributed by atoms with Crippen LogP contribution in [0.5, 0.6) is 5.75 Å². The van der Waals surface area contributed by atoms with Crippen molar-refractivity contribution in [3.05, 3.63) is 23.8 Å². The van der Waals surface area contributed by atoms with E-state index in [0.29, 0.717) is 11.6 Å². The fourth-order valence-corrected chi connectivity index (χ4v) is 2.09. The highest BCUT2D eigenvalue weighted by Crippen LogP contribution is 2.28. The van der Waals surface area contributed by atoms with E-state index in [1.807, 2.05) is 12.1 Å². The molecule has 0 amide bonds. The summed E-state index contributed by atoms with van der Waals surface area (Å²) in [6.45, 7) is 7.21. The van der Waals surface area contributed by atoms with Gasteiger partial charge in [0.15, 0.2) is 5.84 Å². The van der Waals surface area contributed by atoms with E-state index >= 15 is 0 Å². The third-order valence-electron chi connectivity index (χ3n) is 3.36. The van der Waals surface area contributed by atoms with E-state index in [4.69, 9.17) is 15.7 Å². The van der Waals surface area contributed by atoms with Gasteiger partial charge in [-0.2, -0.15) is 0 Å². The maximum Gasteiger partial charge on any atom is 0.172 e. The maximum absolute atomic E-state index is 8.90. The highest BCUT2D eigenvalue weighted by Gasteiger charge is 2.17. The fraction of sp³-hybridized carbons (Fsp3) is 0.500. The number of benzene rings is 1. The molecule has 1 unspecified atom stereocenters. The molecule has 19 heavy (non-hydrogen) atoms. The number of rotatable bonds is 6. The predicted molar refractivity (Wildman–Crippen MR) is 78.3 cm³/mol. The van der Waals surface area contributed by atoms with Crippen LogP contribution in [-0.4, -0.2) is 30.7 Å². The lowest BCUT2D eigenvalue weighted by molar-refractivity contribution is 0.318. The van der Waals surface area contributed by atoms with Crippen molar-refractivity contribution in [2.75, 3.05) is 18.6 Å².